The fourth-order valence-corrected chi connectivity index (χ4v) is 3.46. The van der Waals surface area contributed by atoms with Crippen molar-refractivity contribution in [1.29, 1.82) is 0 Å². The highest BCUT2D eigenvalue weighted by Crippen LogP contribution is 2.50. The van der Waals surface area contributed by atoms with Crippen molar-refractivity contribution >= 4 is 17.7 Å². The summed E-state index contributed by atoms with van der Waals surface area (Å²) >= 11 is 1.86. The van der Waals surface area contributed by atoms with Gasteiger partial charge < -0.3 is 4.74 Å². The Hall–Kier alpha value is -0.440. The fourth-order valence-electron chi connectivity index (χ4n) is 1.96. The van der Waals surface area contributed by atoms with Gasteiger partial charge in [-0.05, 0) is 32.6 Å². The van der Waals surface area contributed by atoms with E-state index in [0.29, 0.717) is 12.3 Å². The summed E-state index contributed by atoms with van der Waals surface area (Å²) in [5.74, 6) is 0.206. The molecule has 0 saturated carbocycles. The number of carbonyl (C=O) groups is 1. The van der Waals surface area contributed by atoms with Crippen molar-refractivity contribution < 1.29 is 9.53 Å². The van der Waals surface area contributed by atoms with Crippen LogP contribution < -0.4 is 0 Å². The van der Waals surface area contributed by atoms with E-state index in [2.05, 4.69) is 27.7 Å². The van der Waals surface area contributed by atoms with Gasteiger partial charge in [0, 0.05) is 10.7 Å². The Bertz CT molecular complexity index is 279. The van der Waals surface area contributed by atoms with Crippen LogP contribution in [-0.4, -0.2) is 17.8 Å². The Kier molecular flexibility index (Phi) is 3.30. The van der Waals surface area contributed by atoms with Gasteiger partial charge in [0.1, 0.15) is 0 Å². The summed E-state index contributed by atoms with van der Waals surface area (Å²) in [4.78, 5) is 12.6. The summed E-state index contributed by atoms with van der Waals surface area (Å²) in [5.41, 5.74) is 1.34. The molecule has 0 spiro atoms. The lowest BCUT2D eigenvalue weighted by molar-refractivity contribution is -0.141. The van der Waals surface area contributed by atoms with Crippen molar-refractivity contribution in [3.05, 3.63) is 10.5 Å². The highest BCUT2D eigenvalue weighted by molar-refractivity contribution is 8.04. The van der Waals surface area contributed by atoms with Crippen LogP contribution >= 0.6 is 11.8 Å². The lowest BCUT2D eigenvalue weighted by Gasteiger charge is -2.26. The van der Waals surface area contributed by atoms with Gasteiger partial charge in [-0.1, -0.05) is 5.57 Å². The van der Waals surface area contributed by atoms with E-state index in [4.69, 9.17) is 4.74 Å². The third-order valence-corrected chi connectivity index (χ3v) is 4.37. The molecule has 0 amide bonds. The van der Waals surface area contributed by atoms with Gasteiger partial charge in [0.2, 0.25) is 0 Å². The van der Waals surface area contributed by atoms with E-state index in [1.807, 2.05) is 11.8 Å². The van der Waals surface area contributed by atoms with Crippen LogP contribution in [0, 0.1) is 5.92 Å². The van der Waals surface area contributed by atoms with Gasteiger partial charge in [-0.25, -0.2) is 0 Å². The Morgan fingerprint density at radius 3 is 2.43 bits per heavy atom. The molecule has 0 unspecified atom stereocenters. The average molecular weight is 214 g/mol. The largest absolute Gasteiger partial charge is 0.469 e. The number of esters is 1. The van der Waals surface area contributed by atoms with Crippen LogP contribution in [0.5, 0.6) is 0 Å². The first-order valence-electron chi connectivity index (χ1n) is 4.81. The molecule has 1 aliphatic heterocycles. The number of rotatable bonds is 2. The molecule has 1 aliphatic rings. The van der Waals surface area contributed by atoms with E-state index in [-0.39, 0.29) is 10.7 Å². The molecular formula is C11H18O2S. The van der Waals surface area contributed by atoms with Crippen molar-refractivity contribution in [1.82, 2.24) is 0 Å². The molecule has 0 radical (unpaired) electrons. The van der Waals surface area contributed by atoms with Crippen LogP contribution in [-0.2, 0) is 9.53 Å². The van der Waals surface area contributed by atoms with Crippen LogP contribution in [0.2, 0.25) is 0 Å². The number of hydrogen-bond acceptors (Lipinski definition) is 3. The molecule has 1 atom stereocenters. The van der Waals surface area contributed by atoms with E-state index in [1.165, 1.54) is 17.6 Å². The monoisotopic (exact) mass is 214 g/mol. The van der Waals surface area contributed by atoms with Gasteiger partial charge >= 0.3 is 5.97 Å². The number of ether oxygens (including phenoxy) is 1. The first kappa shape index (κ1) is 11.6. The molecule has 0 aromatic carbocycles. The first-order valence-corrected chi connectivity index (χ1v) is 5.63. The molecule has 1 heterocycles. The van der Waals surface area contributed by atoms with E-state index >= 15 is 0 Å². The second-order valence-corrected chi connectivity index (χ2v) is 6.15. The minimum absolute atomic E-state index is 0.113. The molecule has 3 heteroatoms. The summed E-state index contributed by atoms with van der Waals surface area (Å²) < 4.78 is 4.85. The van der Waals surface area contributed by atoms with Crippen molar-refractivity contribution in [2.45, 2.75) is 38.9 Å². The van der Waals surface area contributed by atoms with Gasteiger partial charge in [-0.2, -0.15) is 0 Å². The third kappa shape index (κ3) is 2.14. The molecule has 0 aromatic rings. The predicted octanol–water partition coefficient (Wildman–Crippen LogP) is 2.99. The molecule has 0 saturated heterocycles. The van der Waals surface area contributed by atoms with E-state index < -0.39 is 0 Å². The van der Waals surface area contributed by atoms with Gasteiger partial charge in [-0.3, -0.25) is 4.79 Å². The zero-order valence-electron chi connectivity index (χ0n) is 9.51. The normalized spacial score (nSPS) is 25.4. The number of thioether (sulfide) groups is 1. The molecule has 0 fully saturated rings. The quantitative estimate of drug-likeness (QED) is 0.661. The van der Waals surface area contributed by atoms with Crippen LogP contribution in [0.4, 0.5) is 0 Å². The van der Waals surface area contributed by atoms with Crippen molar-refractivity contribution in [3.8, 4) is 0 Å². The molecule has 14 heavy (non-hydrogen) atoms. The summed E-state index contributed by atoms with van der Waals surface area (Å²) in [6, 6.07) is 0. The minimum Gasteiger partial charge on any atom is -0.469 e. The van der Waals surface area contributed by atoms with Gasteiger partial charge in [-0.15, -0.1) is 11.8 Å². The van der Waals surface area contributed by atoms with Gasteiger partial charge in [0.25, 0.3) is 0 Å². The highest BCUT2D eigenvalue weighted by atomic mass is 32.2. The zero-order valence-corrected chi connectivity index (χ0v) is 10.3. The summed E-state index contributed by atoms with van der Waals surface area (Å²) in [6.07, 6.45) is 0.500. The topological polar surface area (TPSA) is 26.3 Å². The summed E-state index contributed by atoms with van der Waals surface area (Å²) in [5, 5.41) is 0. The maximum atomic E-state index is 11.3. The van der Waals surface area contributed by atoms with Gasteiger partial charge in [0.05, 0.1) is 13.5 Å². The maximum Gasteiger partial charge on any atom is 0.306 e. The number of methoxy groups -OCH3 is 1. The molecule has 0 N–H and O–H groups in total. The molecule has 2 nitrogen and oxygen atoms in total. The number of hydrogen-bond donors (Lipinski definition) is 0. The Balaban J connectivity index is 2.80. The second kappa shape index (κ2) is 3.97. The number of allylic oxidation sites excluding steroid dienone is 2. The van der Waals surface area contributed by atoms with Gasteiger partial charge in [0.15, 0.2) is 0 Å². The van der Waals surface area contributed by atoms with Crippen LogP contribution in [0.25, 0.3) is 0 Å². The SMILES string of the molecule is COC(=O)C[C@@H]1C(C)=C(C)SC1(C)C. The third-order valence-electron chi connectivity index (χ3n) is 2.93. The Morgan fingerprint density at radius 2 is 2.07 bits per heavy atom. The molecule has 1 rings (SSSR count). The van der Waals surface area contributed by atoms with E-state index in [1.54, 1.807) is 0 Å². The molecule has 0 bridgehead atoms. The highest BCUT2D eigenvalue weighted by Gasteiger charge is 2.39. The summed E-state index contributed by atoms with van der Waals surface area (Å²) in [6.45, 7) is 8.61. The molecule has 0 aliphatic carbocycles. The zero-order chi connectivity index (χ0) is 10.9. The minimum atomic E-state index is -0.113. The summed E-state index contributed by atoms with van der Waals surface area (Å²) in [7, 11) is 1.45. The van der Waals surface area contributed by atoms with Crippen LogP contribution in [0.3, 0.4) is 0 Å². The van der Waals surface area contributed by atoms with Crippen molar-refractivity contribution in [2.75, 3.05) is 7.11 Å². The second-order valence-electron chi connectivity index (χ2n) is 4.28. The van der Waals surface area contributed by atoms with Crippen molar-refractivity contribution in [3.63, 3.8) is 0 Å². The molecular weight excluding hydrogens is 196 g/mol. The lowest BCUT2D eigenvalue weighted by Crippen LogP contribution is -2.27. The molecule has 0 aromatic heterocycles. The smallest absolute Gasteiger partial charge is 0.306 e. The molecule has 80 valence electrons. The van der Waals surface area contributed by atoms with Crippen LogP contribution in [0.1, 0.15) is 34.1 Å². The van der Waals surface area contributed by atoms with E-state index in [0.717, 1.165) is 0 Å². The van der Waals surface area contributed by atoms with E-state index in [9.17, 15) is 4.79 Å². The Labute approximate surface area is 90.1 Å². The van der Waals surface area contributed by atoms with Crippen molar-refractivity contribution in [2.24, 2.45) is 5.92 Å². The first-order chi connectivity index (χ1) is 6.38. The predicted molar refractivity (Wildman–Crippen MR) is 60.2 cm³/mol. The average Bonchev–Trinajstić information content (AvgIpc) is 2.27. The lowest BCUT2D eigenvalue weighted by atomic mass is 9.86. The maximum absolute atomic E-state index is 11.3. The standard InChI is InChI=1S/C11H18O2S/c1-7-8(2)14-11(3,4)9(7)6-10(12)13-5/h9H,6H2,1-5H3/t9-/m1/s1. The Morgan fingerprint density at radius 1 is 1.50 bits per heavy atom. The fraction of sp³-hybridized carbons (Fsp3) is 0.727. The van der Waals surface area contributed by atoms with Crippen LogP contribution in [0.15, 0.2) is 10.5 Å². The number of carbonyl (C=O) groups excluding carboxylic acids is 1.